The molecule has 130 valence electrons. The molecule has 0 radical (unpaired) electrons. The maximum Gasteiger partial charge on any atom is 0.277 e. The van der Waals surface area contributed by atoms with Crippen molar-refractivity contribution in [1.29, 1.82) is 5.26 Å². The van der Waals surface area contributed by atoms with Crippen LogP contribution < -0.4 is 10.1 Å². The Kier molecular flexibility index (Phi) is 5.58. The number of carbonyl (C=O) groups is 1. The van der Waals surface area contributed by atoms with Crippen molar-refractivity contribution in [2.75, 3.05) is 6.61 Å². The lowest BCUT2D eigenvalue weighted by Gasteiger charge is -2.08. The molecule has 2 aromatic carbocycles. The summed E-state index contributed by atoms with van der Waals surface area (Å²) in [5.74, 6) is -0.220. The van der Waals surface area contributed by atoms with Crippen LogP contribution in [-0.2, 0) is 13.1 Å². The molecule has 0 saturated heterocycles. The van der Waals surface area contributed by atoms with Crippen LogP contribution in [0.3, 0.4) is 0 Å². The van der Waals surface area contributed by atoms with Crippen molar-refractivity contribution in [2.45, 2.75) is 13.1 Å². The average molecular weight is 347 g/mol. The number of rotatable bonds is 7. The highest BCUT2D eigenvalue weighted by atomic mass is 16.5. The Morgan fingerprint density at radius 2 is 1.73 bits per heavy atom. The Labute approximate surface area is 150 Å². The molecule has 0 aliphatic rings. The summed E-state index contributed by atoms with van der Waals surface area (Å²) in [5, 5.41) is 19.5. The minimum Gasteiger partial charge on any atom is -0.461 e. The second-order valence-electron chi connectivity index (χ2n) is 5.50. The lowest BCUT2D eigenvalue weighted by Crippen LogP contribution is -2.24. The van der Waals surface area contributed by atoms with E-state index in [9.17, 15) is 4.79 Å². The normalized spacial score (nSPS) is 10.1. The molecule has 0 unspecified atom stereocenters. The van der Waals surface area contributed by atoms with Crippen LogP contribution in [0.5, 0.6) is 5.88 Å². The van der Waals surface area contributed by atoms with Gasteiger partial charge in [-0.15, -0.1) is 5.10 Å². The SMILES string of the molecule is N#CCOc1c(C(=O)NCc2ccccc2)nnn1Cc1ccccc1. The van der Waals surface area contributed by atoms with Crippen LogP contribution in [0.15, 0.2) is 60.7 Å². The first-order valence-corrected chi connectivity index (χ1v) is 8.07. The van der Waals surface area contributed by atoms with Crippen molar-refractivity contribution in [3.05, 3.63) is 77.5 Å². The summed E-state index contributed by atoms with van der Waals surface area (Å²) in [5.41, 5.74) is 2.01. The van der Waals surface area contributed by atoms with Crippen LogP contribution in [0, 0.1) is 11.3 Å². The van der Waals surface area contributed by atoms with E-state index in [1.54, 1.807) is 0 Å². The summed E-state index contributed by atoms with van der Waals surface area (Å²) in [7, 11) is 0. The van der Waals surface area contributed by atoms with E-state index in [2.05, 4.69) is 15.6 Å². The second-order valence-corrected chi connectivity index (χ2v) is 5.50. The highest BCUT2D eigenvalue weighted by Crippen LogP contribution is 2.17. The number of hydrogen-bond acceptors (Lipinski definition) is 5. The summed E-state index contributed by atoms with van der Waals surface area (Å²) in [4.78, 5) is 12.5. The molecule has 1 aromatic heterocycles. The van der Waals surface area contributed by atoms with Crippen LogP contribution in [0.4, 0.5) is 0 Å². The van der Waals surface area contributed by atoms with Gasteiger partial charge in [0, 0.05) is 6.54 Å². The summed E-state index contributed by atoms with van der Waals surface area (Å²) in [6.45, 7) is 0.560. The molecule has 7 heteroatoms. The van der Waals surface area contributed by atoms with Crippen molar-refractivity contribution in [2.24, 2.45) is 0 Å². The van der Waals surface area contributed by atoms with E-state index >= 15 is 0 Å². The van der Waals surface area contributed by atoms with E-state index in [1.807, 2.05) is 66.7 Å². The van der Waals surface area contributed by atoms with Gasteiger partial charge >= 0.3 is 0 Å². The van der Waals surface area contributed by atoms with Gasteiger partial charge in [0.2, 0.25) is 11.6 Å². The molecule has 0 bridgehead atoms. The quantitative estimate of drug-likeness (QED) is 0.707. The molecule has 0 spiro atoms. The summed E-state index contributed by atoms with van der Waals surface area (Å²) < 4.78 is 6.90. The molecular formula is C19H17N5O2. The molecule has 0 aliphatic carbocycles. The Balaban J connectivity index is 1.77. The first kappa shape index (κ1) is 17.2. The first-order valence-electron chi connectivity index (χ1n) is 8.07. The Hall–Kier alpha value is -3.66. The standard InChI is InChI=1S/C19H17N5O2/c20-11-12-26-19-17(18(25)21-13-15-7-3-1-4-8-15)22-23-24(19)14-16-9-5-2-6-10-16/h1-10H,12-14H2,(H,21,25). The average Bonchev–Trinajstić information content (AvgIpc) is 3.08. The highest BCUT2D eigenvalue weighted by Gasteiger charge is 2.21. The van der Waals surface area contributed by atoms with E-state index in [1.165, 1.54) is 4.68 Å². The fraction of sp³-hybridized carbons (Fsp3) is 0.158. The van der Waals surface area contributed by atoms with Crippen LogP contribution in [0.2, 0.25) is 0 Å². The maximum absolute atomic E-state index is 12.5. The number of carbonyl (C=O) groups excluding carboxylic acids is 1. The van der Waals surface area contributed by atoms with Crippen molar-refractivity contribution < 1.29 is 9.53 Å². The van der Waals surface area contributed by atoms with Gasteiger partial charge in [-0.25, -0.2) is 4.68 Å². The predicted octanol–water partition coefficient (Wildman–Crippen LogP) is 2.16. The number of hydrogen-bond donors (Lipinski definition) is 1. The molecule has 1 N–H and O–H groups in total. The minimum atomic E-state index is -0.402. The lowest BCUT2D eigenvalue weighted by molar-refractivity contribution is 0.0942. The number of aromatic nitrogens is 3. The smallest absolute Gasteiger partial charge is 0.277 e. The monoisotopic (exact) mass is 347 g/mol. The van der Waals surface area contributed by atoms with Crippen LogP contribution in [0.25, 0.3) is 0 Å². The van der Waals surface area contributed by atoms with E-state index in [0.29, 0.717) is 13.1 Å². The zero-order valence-corrected chi connectivity index (χ0v) is 14.0. The topological polar surface area (TPSA) is 92.8 Å². The van der Waals surface area contributed by atoms with Gasteiger partial charge in [0.05, 0.1) is 6.54 Å². The summed E-state index contributed by atoms with van der Waals surface area (Å²) >= 11 is 0. The second kappa shape index (κ2) is 8.44. The number of nitrogens with one attached hydrogen (secondary N) is 1. The van der Waals surface area contributed by atoms with Gasteiger partial charge in [0.15, 0.2) is 6.61 Å². The van der Waals surface area contributed by atoms with Gasteiger partial charge < -0.3 is 10.1 Å². The molecule has 3 rings (SSSR count). The van der Waals surface area contributed by atoms with Gasteiger partial charge in [-0.2, -0.15) is 5.26 Å². The molecule has 0 atom stereocenters. The highest BCUT2D eigenvalue weighted by molar-refractivity contribution is 5.94. The van der Waals surface area contributed by atoms with Gasteiger partial charge in [0.1, 0.15) is 6.07 Å². The molecule has 0 aliphatic heterocycles. The van der Waals surface area contributed by atoms with E-state index < -0.39 is 5.91 Å². The molecule has 26 heavy (non-hydrogen) atoms. The molecule has 3 aromatic rings. The van der Waals surface area contributed by atoms with Gasteiger partial charge in [-0.3, -0.25) is 4.79 Å². The van der Waals surface area contributed by atoms with Crippen molar-refractivity contribution in [3.8, 4) is 11.9 Å². The van der Waals surface area contributed by atoms with E-state index in [4.69, 9.17) is 10.00 Å². The fourth-order valence-corrected chi connectivity index (χ4v) is 2.41. The third-order valence-electron chi connectivity index (χ3n) is 3.65. The fourth-order valence-electron chi connectivity index (χ4n) is 2.41. The number of amides is 1. The van der Waals surface area contributed by atoms with Gasteiger partial charge in [0.25, 0.3) is 5.91 Å². The van der Waals surface area contributed by atoms with Crippen molar-refractivity contribution in [3.63, 3.8) is 0 Å². The molecule has 1 heterocycles. The Bertz CT molecular complexity index is 901. The number of ether oxygens (including phenoxy) is 1. The van der Waals surface area contributed by atoms with Crippen LogP contribution in [-0.4, -0.2) is 27.5 Å². The number of benzene rings is 2. The molecular weight excluding hydrogens is 330 g/mol. The van der Waals surface area contributed by atoms with Crippen molar-refractivity contribution >= 4 is 5.91 Å². The van der Waals surface area contributed by atoms with Crippen LogP contribution in [0.1, 0.15) is 21.6 Å². The van der Waals surface area contributed by atoms with Crippen molar-refractivity contribution in [1.82, 2.24) is 20.3 Å². The van der Waals surface area contributed by atoms with E-state index in [0.717, 1.165) is 11.1 Å². The number of nitriles is 1. The minimum absolute atomic E-state index is 0.0621. The molecule has 7 nitrogen and oxygen atoms in total. The Morgan fingerprint density at radius 1 is 1.08 bits per heavy atom. The summed E-state index contributed by atoms with van der Waals surface area (Å²) in [6, 6.07) is 21.1. The number of nitrogens with zero attached hydrogens (tertiary/aromatic N) is 4. The van der Waals surface area contributed by atoms with Gasteiger partial charge in [-0.1, -0.05) is 65.9 Å². The van der Waals surface area contributed by atoms with E-state index in [-0.39, 0.29) is 18.2 Å². The van der Waals surface area contributed by atoms with Gasteiger partial charge in [-0.05, 0) is 11.1 Å². The first-order chi connectivity index (χ1) is 12.8. The molecule has 0 saturated carbocycles. The lowest BCUT2D eigenvalue weighted by atomic mass is 10.2. The maximum atomic E-state index is 12.5. The molecule has 1 amide bonds. The Morgan fingerprint density at radius 3 is 2.38 bits per heavy atom. The third kappa shape index (κ3) is 4.24. The molecule has 0 fully saturated rings. The zero-order valence-electron chi connectivity index (χ0n) is 14.0. The predicted molar refractivity (Wildman–Crippen MR) is 94.3 cm³/mol. The zero-order chi connectivity index (χ0) is 18.2. The largest absolute Gasteiger partial charge is 0.461 e. The van der Waals surface area contributed by atoms with Crippen LogP contribution >= 0.6 is 0 Å². The summed E-state index contributed by atoms with van der Waals surface area (Å²) in [6.07, 6.45) is 0. The third-order valence-corrected chi connectivity index (χ3v) is 3.65.